The minimum atomic E-state index is -1.11. The van der Waals surface area contributed by atoms with Crippen molar-refractivity contribution in [2.24, 2.45) is 0 Å². The summed E-state index contributed by atoms with van der Waals surface area (Å²) in [6.07, 6.45) is 0.927. The molecule has 0 saturated carbocycles. The van der Waals surface area contributed by atoms with Crippen molar-refractivity contribution in [3.63, 3.8) is 0 Å². The van der Waals surface area contributed by atoms with E-state index in [1.54, 1.807) is 6.92 Å². The van der Waals surface area contributed by atoms with Crippen LogP contribution in [0.5, 0.6) is 0 Å². The van der Waals surface area contributed by atoms with Crippen molar-refractivity contribution in [1.82, 2.24) is 5.32 Å². The molecule has 0 radical (unpaired) electrons. The molecule has 1 rings (SSSR count). The van der Waals surface area contributed by atoms with Gasteiger partial charge in [-0.25, -0.2) is 4.79 Å². The zero-order valence-electron chi connectivity index (χ0n) is 9.58. The molecule has 0 unspecified atom stereocenters. The molecular weight excluding hydrogens is 260 g/mol. The Bertz CT molecular complexity index is 471. The number of rotatable bonds is 6. The van der Waals surface area contributed by atoms with Crippen LogP contribution in [-0.2, 0) is 4.79 Å². The lowest BCUT2D eigenvalue weighted by atomic mass is 10.1. The van der Waals surface area contributed by atoms with E-state index < -0.39 is 22.8 Å². The Kier molecular flexibility index (Phi) is 4.78. The van der Waals surface area contributed by atoms with Crippen LogP contribution in [-0.4, -0.2) is 27.9 Å². The summed E-state index contributed by atoms with van der Waals surface area (Å²) in [6.45, 7) is 1.80. The molecule has 0 spiro atoms. The van der Waals surface area contributed by atoms with Gasteiger partial charge in [0.2, 0.25) is 0 Å². The lowest BCUT2D eigenvalue weighted by molar-refractivity contribution is -0.380. The highest BCUT2D eigenvalue weighted by Gasteiger charge is 2.22. The fraction of sp³-hybridized carbons (Fsp3) is 0.400. The van der Waals surface area contributed by atoms with Crippen molar-refractivity contribution in [3.05, 3.63) is 27.1 Å². The van der Waals surface area contributed by atoms with Crippen LogP contribution in [0.25, 0.3) is 0 Å². The Hall–Kier alpha value is -1.96. The second kappa shape index (κ2) is 6.10. The molecule has 1 aromatic heterocycles. The zero-order chi connectivity index (χ0) is 13.7. The second-order valence-corrected chi connectivity index (χ2v) is 4.61. The van der Waals surface area contributed by atoms with Crippen LogP contribution in [0.3, 0.4) is 0 Å². The zero-order valence-corrected chi connectivity index (χ0v) is 10.4. The van der Waals surface area contributed by atoms with E-state index in [1.165, 1.54) is 12.1 Å². The topological polar surface area (TPSA) is 110 Å². The van der Waals surface area contributed by atoms with Crippen LogP contribution in [0, 0.1) is 10.1 Å². The van der Waals surface area contributed by atoms with Gasteiger partial charge in [0, 0.05) is 6.07 Å². The number of amides is 1. The molecule has 1 aromatic rings. The predicted molar refractivity (Wildman–Crippen MR) is 64.8 cm³/mol. The summed E-state index contributed by atoms with van der Waals surface area (Å²) in [4.78, 5) is 32.5. The van der Waals surface area contributed by atoms with E-state index in [4.69, 9.17) is 5.11 Å². The molecule has 2 N–H and O–H groups in total. The number of carbonyl (C=O) groups excluding carboxylic acids is 1. The molecule has 1 atom stereocenters. The minimum Gasteiger partial charge on any atom is -0.480 e. The monoisotopic (exact) mass is 272 g/mol. The van der Waals surface area contributed by atoms with Gasteiger partial charge in [-0.1, -0.05) is 24.7 Å². The van der Waals surface area contributed by atoms with Gasteiger partial charge in [-0.3, -0.25) is 14.9 Å². The number of aliphatic carboxylic acids is 1. The third kappa shape index (κ3) is 3.52. The van der Waals surface area contributed by atoms with Crippen LogP contribution in [0.15, 0.2) is 12.1 Å². The van der Waals surface area contributed by atoms with Crippen LogP contribution in [0.2, 0.25) is 0 Å². The van der Waals surface area contributed by atoms with E-state index >= 15 is 0 Å². The molecule has 7 nitrogen and oxygen atoms in total. The Morgan fingerprint density at radius 2 is 2.22 bits per heavy atom. The van der Waals surface area contributed by atoms with E-state index in [0.717, 1.165) is 0 Å². The summed E-state index contributed by atoms with van der Waals surface area (Å²) in [6, 6.07) is 1.56. The number of nitrogens with zero attached hydrogens (tertiary/aromatic N) is 1. The van der Waals surface area contributed by atoms with Crippen LogP contribution < -0.4 is 5.32 Å². The molecule has 0 saturated heterocycles. The van der Waals surface area contributed by atoms with Crippen LogP contribution in [0.4, 0.5) is 5.00 Å². The van der Waals surface area contributed by atoms with Gasteiger partial charge < -0.3 is 10.4 Å². The summed E-state index contributed by atoms with van der Waals surface area (Å²) in [5.41, 5.74) is 0. The molecule has 1 heterocycles. The first kappa shape index (κ1) is 14.1. The first-order chi connectivity index (χ1) is 8.45. The van der Waals surface area contributed by atoms with Gasteiger partial charge in [-0.05, 0) is 12.5 Å². The maximum Gasteiger partial charge on any atom is 0.326 e. The molecule has 0 aliphatic heterocycles. The lowest BCUT2D eigenvalue weighted by Crippen LogP contribution is -2.40. The largest absolute Gasteiger partial charge is 0.480 e. The summed E-state index contributed by atoms with van der Waals surface area (Å²) in [5.74, 6) is -1.72. The standard InChI is InChI=1S/C10H12N2O5S/c1-2-3-6(10(14)15)11-9(13)7-4-5-8(18-7)12(16)17/h4-6H,2-3H2,1H3,(H,11,13)(H,14,15)/t6-/m1/s1. The first-order valence-electron chi connectivity index (χ1n) is 5.23. The molecule has 1 amide bonds. The van der Waals surface area contributed by atoms with E-state index in [2.05, 4.69) is 5.32 Å². The molecule has 18 heavy (non-hydrogen) atoms. The molecule has 0 aliphatic carbocycles. The number of carboxylic acid groups (broad SMARTS) is 1. The number of hydrogen-bond donors (Lipinski definition) is 2. The van der Waals surface area contributed by atoms with Gasteiger partial charge in [0.05, 0.1) is 9.80 Å². The molecule has 0 bridgehead atoms. The van der Waals surface area contributed by atoms with E-state index in [0.29, 0.717) is 24.2 Å². The van der Waals surface area contributed by atoms with Crippen LogP contribution >= 0.6 is 11.3 Å². The van der Waals surface area contributed by atoms with Gasteiger partial charge >= 0.3 is 11.0 Å². The number of carboxylic acids is 1. The highest BCUT2D eigenvalue weighted by atomic mass is 32.1. The fourth-order valence-electron chi connectivity index (χ4n) is 1.32. The van der Waals surface area contributed by atoms with Crippen molar-refractivity contribution >= 4 is 28.2 Å². The van der Waals surface area contributed by atoms with Crippen molar-refractivity contribution in [2.45, 2.75) is 25.8 Å². The van der Waals surface area contributed by atoms with E-state index in [9.17, 15) is 19.7 Å². The van der Waals surface area contributed by atoms with Gasteiger partial charge in [-0.2, -0.15) is 0 Å². The van der Waals surface area contributed by atoms with Crippen molar-refractivity contribution < 1.29 is 19.6 Å². The summed E-state index contributed by atoms with van der Waals surface area (Å²) in [5, 5.41) is 21.5. The maximum absolute atomic E-state index is 11.7. The normalized spacial score (nSPS) is 11.8. The van der Waals surface area contributed by atoms with E-state index in [-0.39, 0.29) is 9.88 Å². The van der Waals surface area contributed by atoms with Gasteiger partial charge in [0.25, 0.3) is 5.91 Å². The smallest absolute Gasteiger partial charge is 0.326 e. The average molecular weight is 272 g/mol. The summed E-state index contributed by atoms with van der Waals surface area (Å²) in [7, 11) is 0. The highest BCUT2D eigenvalue weighted by Crippen LogP contribution is 2.23. The third-order valence-electron chi connectivity index (χ3n) is 2.18. The third-order valence-corrected chi connectivity index (χ3v) is 3.21. The molecule has 8 heteroatoms. The number of thiophene rings is 1. The summed E-state index contributed by atoms with van der Waals surface area (Å²) >= 11 is 0.717. The molecule has 98 valence electrons. The SMILES string of the molecule is CCC[C@@H](NC(=O)c1ccc([N+](=O)[O-])s1)C(=O)O. The van der Waals surface area contributed by atoms with Gasteiger partial charge in [0.15, 0.2) is 0 Å². The van der Waals surface area contributed by atoms with Crippen LogP contribution in [0.1, 0.15) is 29.4 Å². The van der Waals surface area contributed by atoms with Crippen molar-refractivity contribution in [1.29, 1.82) is 0 Å². The Balaban J connectivity index is 2.74. The van der Waals surface area contributed by atoms with Crippen molar-refractivity contribution in [3.8, 4) is 0 Å². The molecule has 0 fully saturated rings. The second-order valence-electron chi connectivity index (χ2n) is 3.55. The minimum absolute atomic E-state index is 0.129. The number of carbonyl (C=O) groups is 2. The van der Waals surface area contributed by atoms with Gasteiger partial charge in [0.1, 0.15) is 6.04 Å². The van der Waals surface area contributed by atoms with Crippen molar-refractivity contribution in [2.75, 3.05) is 0 Å². The molecule has 0 aromatic carbocycles. The van der Waals surface area contributed by atoms with Gasteiger partial charge in [-0.15, -0.1) is 0 Å². The average Bonchev–Trinajstić information content (AvgIpc) is 2.77. The summed E-state index contributed by atoms with van der Waals surface area (Å²) < 4.78 is 0. The Morgan fingerprint density at radius 1 is 1.56 bits per heavy atom. The predicted octanol–water partition coefficient (Wildman–Crippen LogP) is 1.64. The maximum atomic E-state index is 11.7. The van der Waals surface area contributed by atoms with E-state index in [1.807, 2.05) is 0 Å². The molecular formula is C10H12N2O5S. The number of nitro groups is 1. The number of nitrogens with one attached hydrogen (secondary N) is 1. The Labute approximate surface area is 107 Å². The lowest BCUT2D eigenvalue weighted by Gasteiger charge is -2.12. The Morgan fingerprint density at radius 3 is 2.67 bits per heavy atom. The first-order valence-corrected chi connectivity index (χ1v) is 6.05. The quantitative estimate of drug-likeness (QED) is 0.604. The number of hydrogen-bond acceptors (Lipinski definition) is 5. The molecule has 0 aliphatic rings. The highest BCUT2D eigenvalue weighted by molar-refractivity contribution is 7.17. The fourth-order valence-corrected chi connectivity index (χ4v) is 2.05.